The molecule has 4 nitrogen and oxygen atoms in total. The van der Waals surface area contributed by atoms with Gasteiger partial charge < -0.3 is 16.0 Å². The average molecular weight is 298 g/mol. The Morgan fingerprint density at radius 1 is 1.35 bits per heavy atom. The Kier molecular flexibility index (Phi) is 6.99. The maximum absolute atomic E-state index is 12.2. The molecule has 3 N–H and O–H groups in total. The van der Waals surface area contributed by atoms with Crippen molar-refractivity contribution in [3.63, 3.8) is 0 Å². The molecule has 1 aliphatic heterocycles. The van der Waals surface area contributed by atoms with Gasteiger partial charge in [-0.15, -0.1) is 12.4 Å². The minimum atomic E-state index is 0. The van der Waals surface area contributed by atoms with Crippen LogP contribution in [0.1, 0.15) is 28.8 Å². The Balaban J connectivity index is 0.00000200. The molecular formula is C15H24ClN3O. The third-order valence-electron chi connectivity index (χ3n) is 3.76. The summed E-state index contributed by atoms with van der Waals surface area (Å²) in [6.45, 7) is 5.68. The number of nitrogens with one attached hydrogen (secondary N) is 1. The highest BCUT2D eigenvalue weighted by Crippen LogP contribution is 2.12. The summed E-state index contributed by atoms with van der Waals surface area (Å²) in [5, 5.41) is 3.14. The van der Waals surface area contributed by atoms with Gasteiger partial charge in [0.05, 0.1) is 0 Å². The number of nitrogens with two attached hydrogens (primary N) is 1. The zero-order valence-corrected chi connectivity index (χ0v) is 12.8. The number of aryl methyl sites for hydroxylation is 1. The van der Waals surface area contributed by atoms with Crippen molar-refractivity contribution < 1.29 is 4.79 Å². The number of hydrogen-bond acceptors (Lipinski definition) is 3. The van der Waals surface area contributed by atoms with Crippen LogP contribution in [0.2, 0.25) is 0 Å². The monoisotopic (exact) mass is 297 g/mol. The molecule has 1 aliphatic rings. The highest BCUT2D eigenvalue weighted by Gasteiger charge is 2.20. The zero-order valence-electron chi connectivity index (χ0n) is 12.0. The van der Waals surface area contributed by atoms with Crippen LogP contribution < -0.4 is 11.1 Å². The predicted molar refractivity (Wildman–Crippen MR) is 84.4 cm³/mol. The van der Waals surface area contributed by atoms with Gasteiger partial charge in [-0.1, -0.05) is 18.2 Å². The molecule has 112 valence electrons. The van der Waals surface area contributed by atoms with Gasteiger partial charge in [0.25, 0.3) is 5.91 Å². The molecule has 1 aromatic rings. The van der Waals surface area contributed by atoms with Crippen LogP contribution in [-0.2, 0) is 0 Å². The smallest absolute Gasteiger partial charge is 0.251 e. The Hall–Kier alpha value is -1.10. The summed E-state index contributed by atoms with van der Waals surface area (Å²) >= 11 is 0. The van der Waals surface area contributed by atoms with Crippen molar-refractivity contribution in [3.05, 3.63) is 35.4 Å². The summed E-state index contributed by atoms with van der Waals surface area (Å²) in [5.41, 5.74) is 7.37. The Bertz CT molecular complexity index is 431. The fourth-order valence-electron chi connectivity index (χ4n) is 2.57. The molecular weight excluding hydrogens is 274 g/mol. The van der Waals surface area contributed by atoms with Crippen LogP contribution in [0.15, 0.2) is 24.3 Å². The minimum absolute atomic E-state index is 0. The molecule has 5 heteroatoms. The second kappa shape index (κ2) is 8.25. The van der Waals surface area contributed by atoms with Gasteiger partial charge in [0.2, 0.25) is 0 Å². The van der Waals surface area contributed by atoms with Crippen LogP contribution in [0, 0.1) is 6.92 Å². The fourth-order valence-corrected chi connectivity index (χ4v) is 2.57. The van der Waals surface area contributed by atoms with Gasteiger partial charge in [-0.05, 0) is 31.4 Å². The van der Waals surface area contributed by atoms with Crippen molar-refractivity contribution in [1.29, 1.82) is 0 Å². The summed E-state index contributed by atoms with van der Waals surface area (Å²) in [7, 11) is 0. The second-order valence-corrected chi connectivity index (χ2v) is 5.19. The average Bonchev–Trinajstić information content (AvgIpc) is 2.42. The normalized spacial score (nSPS) is 16.5. The van der Waals surface area contributed by atoms with E-state index in [1.807, 2.05) is 31.2 Å². The van der Waals surface area contributed by atoms with Gasteiger partial charge in [-0.2, -0.15) is 0 Å². The first kappa shape index (κ1) is 17.0. The van der Waals surface area contributed by atoms with E-state index in [4.69, 9.17) is 5.73 Å². The van der Waals surface area contributed by atoms with Gasteiger partial charge in [-0.3, -0.25) is 4.79 Å². The Labute approximate surface area is 127 Å². The van der Waals surface area contributed by atoms with E-state index in [2.05, 4.69) is 10.2 Å². The third-order valence-corrected chi connectivity index (χ3v) is 3.76. The molecule has 0 aromatic heterocycles. The molecule has 0 bridgehead atoms. The lowest BCUT2D eigenvalue weighted by molar-refractivity contribution is 0.0911. The molecule has 0 saturated carbocycles. The highest BCUT2D eigenvalue weighted by atomic mass is 35.5. The molecule has 0 spiro atoms. The topological polar surface area (TPSA) is 58.4 Å². The summed E-state index contributed by atoms with van der Waals surface area (Å²) in [4.78, 5) is 14.6. The molecule has 0 radical (unpaired) electrons. The van der Waals surface area contributed by atoms with Gasteiger partial charge in [0.15, 0.2) is 0 Å². The maximum Gasteiger partial charge on any atom is 0.251 e. The van der Waals surface area contributed by atoms with Crippen molar-refractivity contribution in [2.24, 2.45) is 5.73 Å². The van der Waals surface area contributed by atoms with Crippen LogP contribution in [-0.4, -0.2) is 43.0 Å². The molecule has 1 amide bonds. The van der Waals surface area contributed by atoms with E-state index in [1.165, 1.54) is 0 Å². The molecule has 20 heavy (non-hydrogen) atoms. The first-order valence-corrected chi connectivity index (χ1v) is 6.99. The molecule has 2 rings (SSSR count). The number of amides is 1. The van der Waals surface area contributed by atoms with Gasteiger partial charge in [-0.25, -0.2) is 0 Å². The van der Waals surface area contributed by atoms with Crippen molar-refractivity contribution in [2.45, 2.75) is 25.8 Å². The molecule has 1 fully saturated rings. The zero-order chi connectivity index (χ0) is 13.7. The van der Waals surface area contributed by atoms with E-state index < -0.39 is 0 Å². The first-order chi connectivity index (χ1) is 9.20. The van der Waals surface area contributed by atoms with E-state index in [0.717, 1.165) is 43.6 Å². The molecule has 1 aromatic carbocycles. The van der Waals surface area contributed by atoms with Crippen LogP contribution in [0.3, 0.4) is 0 Å². The number of piperidine rings is 1. The Morgan fingerprint density at radius 3 is 2.60 bits per heavy atom. The van der Waals surface area contributed by atoms with Crippen molar-refractivity contribution in [3.8, 4) is 0 Å². The largest absolute Gasteiger partial charge is 0.349 e. The summed E-state index contributed by atoms with van der Waals surface area (Å²) in [5.74, 6) is 0.0513. The number of carbonyl (C=O) groups is 1. The lowest BCUT2D eigenvalue weighted by atomic mass is 10.0. The SMILES string of the molecule is Cc1ccccc1C(=O)NC1CCN(CCN)CC1.Cl. The lowest BCUT2D eigenvalue weighted by Gasteiger charge is -2.32. The first-order valence-electron chi connectivity index (χ1n) is 6.99. The van der Waals surface area contributed by atoms with E-state index in [9.17, 15) is 4.79 Å². The fraction of sp³-hybridized carbons (Fsp3) is 0.533. The van der Waals surface area contributed by atoms with Crippen LogP contribution in [0.5, 0.6) is 0 Å². The number of likely N-dealkylation sites (tertiary alicyclic amines) is 1. The van der Waals surface area contributed by atoms with Crippen molar-refractivity contribution in [2.75, 3.05) is 26.2 Å². The molecule has 1 heterocycles. The van der Waals surface area contributed by atoms with Crippen LogP contribution in [0.25, 0.3) is 0 Å². The van der Waals surface area contributed by atoms with Crippen LogP contribution >= 0.6 is 12.4 Å². The van der Waals surface area contributed by atoms with E-state index in [-0.39, 0.29) is 18.3 Å². The predicted octanol–water partition coefficient (Wildman–Crippen LogP) is 1.57. The molecule has 0 atom stereocenters. The third kappa shape index (κ3) is 4.47. The van der Waals surface area contributed by atoms with Gasteiger partial charge in [0, 0.05) is 37.8 Å². The number of rotatable bonds is 4. The number of halogens is 1. The van der Waals surface area contributed by atoms with Gasteiger partial charge in [0.1, 0.15) is 0 Å². The number of carbonyl (C=O) groups excluding carboxylic acids is 1. The quantitative estimate of drug-likeness (QED) is 0.887. The summed E-state index contributed by atoms with van der Waals surface area (Å²) < 4.78 is 0. The maximum atomic E-state index is 12.2. The van der Waals surface area contributed by atoms with Gasteiger partial charge >= 0.3 is 0 Å². The number of benzene rings is 1. The molecule has 0 aliphatic carbocycles. The molecule has 1 saturated heterocycles. The summed E-state index contributed by atoms with van der Waals surface area (Å²) in [6.07, 6.45) is 2.02. The number of hydrogen-bond donors (Lipinski definition) is 2. The number of nitrogens with zero attached hydrogens (tertiary/aromatic N) is 1. The standard InChI is InChI=1S/C15H23N3O.ClH/c1-12-4-2-3-5-14(12)15(19)17-13-6-9-18(10-7-13)11-8-16;/h2-5,13H,6-11,16H2,1H3,(H,17,19);1H. The lowest BCUT2D eigenvalue weighted by Crippen LogP contribution is -2.45. The van der Waals surface area contributed by atoms with E-state index in [1.54, 1.807) is 0 Å². The Morgan fingerprint density at radius 2 is 2.00 bits per heavy atom. The summed E-state index contributed by atoms with van der Waals surface area (Å²) in [6, 6.07) is 8.01. The van der Waals surface area contributed by atoms with Crippen molar-refractivity contribution >= 4 is 18.3 Å². The molecule has 0 unspecified atom stereocenters. The van der Waals surface area contributed by atoms with E-state index >= 15 is 0 Å². The van der Waals surface area contributed by atoms with Crippen LogP contribution in [0.4, 0.5) is 0 Å². The van der Waals surface area contributed by atoms with Crippen molar-refractivity contribution in [1.82, 2.24) is 10.2 Å². The second-order valence-electron chi connectivity index (χ2n) is 5.19. The highest BCUT2D eigenvalue weighted by molar-refractivity contribution is 5.95. The minimum Gasteiger partial charge on any atom is -0.349 e. The van der Waals surface area contributed by atoms with E-state index in [0.29, 0.717) is 12.6 Å².